The lowest BCUT2D eigenvalue weighted by molar-refractivity contribution is 0.394. The van der Waals surface area contributed by atoms with Crippen molar-refractivity contribution < 1.29 is 4.74 Å². The van der Waals surface area contributed by atoms with Gasteiger partial charge in [-0.25, -0.2) is 9.97 Å². The molecule has 4 heteroatoms. The molecule has 1 aromatic rings. The molecule has 0 aromatic carbocycles. The quantitative estimate of drug-likeness (QED) is 0.714. The van der Waals surface area contributed by atoms with Crippen LogP contribution in [0.1, 0.15) is 25.5 Å². The van der Waals surface area contributed by atoms with E-state index in [1.165, 1.54) is 6.42 Å². The number of aromatic nitrogens is 2. The highest BCUT2D eigenvalue weighted by Crippen LogP contribution is 2.11. The van der Waals surface area contributed by atoms with Gasteiger partial charge in [0.15, 0.2) is 0 Å². The van der Waals surface area contributed by atoms with Crippen molar-refractivity contribution in [1.29, 1.82) is 0 Å². The molecule has 0 spiro atoms. The van der Waals surface area contributed by atoms with Crippen LogP contribution in [0, 0.1) is 0 Å². The molecule has 0 fully saturated rings. The molecule has 1 N–H and O–H groups in total. The van der Waals surface area contributed by atoms with Crippen LogP contribution in [0.5, 0.6) is 5.88 Å². The second-order valence-corrected chi connectivity index (χ2v) is 3.39. The predicted octanol–water partition coefficient (Wildman–Crippen LogP) is 1.89. The van der Waals surface area contributed by atoms with Crippen molar-refractivity contribution in [3.8, 4) is 5.88 Å². The fraction of sp³-hybridized carbons (Fsp3) is 0.500. The first kappa shape index (κ1) is 12.6. The number of methoxy groups -OCH3 is 1. The molecule has 0 saturated heterocycles. The lowest BCUT2D eigenvalue weighted by Gasteiger charge is -2.01. The molecule has 0 aliphatic heterocycles. The predicted molar refractivity (Wildman–Crippen MR) is 65.4 cm³/mol. The van der Waals surface area contributed by atoms with E-state index < -0.39 is 0 Å². The largest absolute Gasteiger partial charge is 0.479 e. The smallest absolute Gasteiger partial charge is 0.239 e. The highest BCUT2D eigenvalue weighted by atomic mass is 16.5. The third kappa shape index (κ3) is 4.40. The molecule has 0 aliphatic rings. The van der Waals surface area contributed by atoms with Gasteiger partial charge >= 0.3 is 0 Å². The summed E-state index contributed by atoms with van der Waals surface area (Å²) in [5.74, 6) is 0.570. The molecule has 1 aromatic heterocycles. The van der Waals surface area contributed by atoms with Gasteiger partial charge in [-0.15, -0.1) is 0 Å². The second-order valence-electron chi connectivity index (χ2n) is 3.39. The number of nitrogens with zero attached hydrogens (tertiary/aromatic N) is 2. The first-order chi connectivity index (χ1) is 7.88. The van der Waals surface area contributed by atoms with Crippen molar-refractivity contribution in [2.24, 2.45) is 0 Å². The minimum atomic E-state index is 0.570. The van der Waals surface area contributed by atoms with Crippen molar-refractivity contribution in [3.63, 3.8) is 0 Å². The minimum Gasteiger partial charge on any atom is -0.479 e. The molecule has 0 bridgehead atoms. The van der Waals surface area contributed by atoms with Crippen LogP contribution in [0.4, 0.5) is 0 Å². The third-order valence-electron chi connectivity index (χ3n) is 2.07. The number of ether oxygens (including phenoxy) is 1. The molecular formula is C12H19N3O. The van der Waals surface area contributed by atoms with Crippen molar-refractivity contribution in [1.82, 2.24) is 15.3 Å². The molecule has 0 unspecified atom stereocenters. The topological polar surface area (TPSA) is 47.0 Å². The Bertz CT molecular complexity index is 326. The summed E-state index contributed by atoms with van der Waals surface area (Å²) in [7, 11) is 1.60. The molecule has 1 heterocycles. The molecule has 88 valence electrons. The minimum absolute atomic E-state index is 0.570. The SMILES string of the molecule is CCCNCC/C=C/c1nccnc1OC. The highest BCUT2D eigenvalue weighted by Gasteiger charge is 1.99. The van der Waals surface area contributed by atoms with Crippen molar-refractivity contribution in [3.05, 3.63) is 24.2 Å². The lowest BCUT2D eigenvalue weighted by atomic mass is 10.3. The van der Waals surface area contributed by atoms with E-state index in [1.807, 2.05) is 6.08 Å². The summed E-state index contributed by atoms with van der Waals surface area (Å²) in [5, 5.41) is 3.33. The number of hydrogen-bond donors (Lipinski definition) is 1. The standard InChI is InChI=1S/C12H19N3O/c1-3-7-13-8-5-4-6-11-12(16-2)15-10-9-14-11/h4,6,9-10,13H,3,5,7-8H2,1-2H3/b6-4+. The zero-order chi connectivity index (χ0) is 11.6. The Labute approximate surface area is 96.8 Å². The van der Waals surface area contributed by atoms with Crippen molar-refractivity contribution in [2.75, 3.05) is 20.2 Å². The molecule has 1 rings (SSSR count). The number of nitrogens with one attached hydrogen (secondary N) is 1. The van der Waals surface area contributed by atoms with Gasteiger partial charge in [-0.05, 0) is 32.0 Å². The van der Waals surface area contributed by atoms with Gasteiger partial charge in [0.25, 0.3) is 0 Å². The Hall–Kier alpha value is -1.42. The van der Waals surface area contributed by atoms with Gasteiger partial charge in [-0.3, -0.25) is 0 Å². The highest BCUT2D eigenvalue weighted by molar-refractivity contribution is 5.49. The molecule has 0 radical (unpaired) electrons. The molecule has 0 aliphatic carbocycles. The van der Waals surface area contributed by atoms with Crippen LogP contribution < -0.4 is 10.1 Å². The maximum atomic E-state index is 5.10. The summed E-state index contributed by atoms with van der Waals surface area (Å²) < 4.78 is 5.10. The Morgan fingerprint density at radius 2 is 2.12 bits per heavy atom. The summed E-state index contributed by atoms with van der Waals surface area (Å²) in [5.41, 5.74) is 0.778. The first-order valence-electron chi connectivity index (χ1n) is 5.60. The van der Waals surface area contributed by atoms with E-state index in [2.05, 4.69) is 28.3 Å². The van der Waals surface area contributed by atoms with Crippen molar-refractivity contribution in [2.45, 2.75) is 19.8 Å². The Kier molecular flexibility index (Phi) is 6.18. The molecule has 0 amide bonds. The van der Waals surface area contributed by atoms with E-state index in [4.69, 9.17) is 4.74 Å². The van der Waals surface area contributed by atoms with E-state index in [0.29, 0.717) is 5.88 Å². The third-order valence-corrected chi connectivity index (χ3v) is 2.07. The van der Waals surface area contributed by atoms with Gasteiger partial charge in [0.2, 0.25) is 5.88 Å². The van der Waals surface area contributed by atoms with E-state index in [1.54, 1.807) is 19.5 Å². The Balaban J connectivity index is 2.37. The van der Waals surface area contributed by atoms with Crippen LogP contribution in [-0.2, 0) is 0 Å². The number of rotatable bonds is 7. The fourth-order valence-corrected chi connectivity index (χ4v) is 1.29. The fourth-order valence-electron chi connectivity index (χ4n) is 1.29. The summed E-state index contributed by atoms with van der Waals surface area (Å²) in [6, 6.07) is 0. The Morgan fingerprint density at radius 1 is 1.31 bits per heavy atom. The number of hydrogen-bond acceptors (Lipinski definition) is 4. The summed E-state index contributed by atoms with van der Waals surface area (Å²) in [6.07, 6.45) is 9.46. The lowest BCUT2D eigenvalue weighted by Crippen LogP contribution is -2.14. The van der Waals surface area contributed by atoms with E-state index in [0.717, 1.165) is 25.2 Å². The molecule has 0 atom stereocenters. The van der Waals surface area contributed by atoms with Gasteiger partial charge in [0.1, 0.15) is 5.69 Å². The van der Waals surface area contributed by atoms with Crippen molar-refractivity contribution >= 4 is 6.08 Å². The average Bonchev–Trinajstić information content (AvgIpc) is 2.34. The van der Waals surface area contributed by atoms with Gasteiger partial charge in [-0.2, -0.15) is 0 Å². The molecule has 4 nitrogen and oxygen atoms in total. The van der Waals surface area contributed by atoms with E-state index >= 15 is 0 Å². The van der Waals surface area contributed by atoms with Crippen LogP contribution in [0.25, 0.3) is 6.08 Å². The van der Waals surface area contributed by atoms with E-state index in [9.17, 15) is 0 Å². The maximum absolute atomic E-state index is 5.10. The second kappa shape index (κ2) is 7.82. The molecule has 0 saturated carbocycles. The van der Waals surface area contributed by atoms with Crippen LogP contribution in [0.3, 0.4) is 0 Å². The first-order valence-corrected chi connectivity index (χ1v) is 5.60. The monoisotopic (exact) mass is 221 g/mol. The van der Waals surface area contributed by atoms with Gasteiger partial charge in [0, 0.05) is 12.4 Å². The summed E-state index contributed by atoms with van der Waals surface area (Å²) in [6.45, 7) is 4.22. The van der Waals surface area contributed by atoms with Crippen LogP contribution in [0.15, 0.2) is 18.5 Å². The summed E-state index contributed by atoms with van der Waals surface area (Å²) >= 11 is 0. The van der Waals surface area contributed by atoms with Gasteiger partial charge in [0.05, 0.1) is 7.11 Å². The zero-order valence-corrected chi connectivity index (χ0v) is 9.94. The van der Waals surface area contributed by atoms with Crippen LogP contribution in [0.2, 0.25) is 0 Å². The van der Waals surface area contributed by atoms with Crippen LogP contribution >= 0.6 is 0 Å². The van der Waals surface area contributed by atoms with Gasteiger partial charge < -0.3 is 10.1 Å². The normalized spacial score (nSPS) is 10.9. The summed E-state index contributed by atoms with van der Waals surface area (Å²) in [4.78, 5) is 8.26. The maximum Gasteiger partial charge on any atom is 0.239 e. The van der Waals surface area contributed by atoms with E-state index in [-0.39, 0.29) is 0 Å². The average molecular weight is 221 g/mol. The van der Waals surface area contributed by atoms with Crippen LogP contribution in [-0.4, -0.2) is 30.2 Å². The molecule has 16 heavy (non-hydrogen) atoms. The Morgan fingerprint density at radius 3 is 2.88 bits per heavy atom. The zero-order valence-electron chi connectivity index (χ0n) is 9.94. The van der Waals surface area contributed by atoms with Gasteiger partial charge in [-0.1, -0.05) is 13.0 Å². The molecular weight excluding hydrogens is 202 g/mol.